The molecule has 0 unspecified atom stereocenters. The van der Waals surface area contributed by atoms with E-state index in [1.165, 1.54) is 6.08 Å². The molecule has 0 bridgehead atoms. The van der Waals surface area contributed by atoms with E-state index in [0.717, 1.165) is 29.3 Å². The normalized spacial score (nSPS) is 11.3. The molecule has 0 aliphatic heterocycles. The van der Waals surface area contributed by atoms with Crippen LogP contribution in [0.3, 0.4) is 0 Å². The molecule has 2 aromatic rings. The van der Waals surface area contributed by atoms with Gasteiger partial charge in [0, 0.05) is 18.2 Å². The topological polar surface area (TPSA) is 98.5 Å². The standard InChI is InChI=1S/C19H15F3N2O5/c1-12-2-4-13(5-3-12)6-9-18(26)29-11-17(25)23-16-8-7-14(24(27)28)10-15(16)19(20,21)22/h2-10H,11H2,1H3,(H,23,25)/b9-6+. The first kappa shape index (κ1) is 21.6. The lowest BCUT2D eigenvalue weighted by molar-refractivity contribution is -0.385. The van der Waals surface area contributed by atoms with Crippen LogP contribution in [0.15, 0.2) is 48.5 Å². The number of nitro benzene ring substituents is 1. The van der Waals surface area contributed by atoms with Crippen LogP contribution >= 0.6 is 0 Å². The summed E-state index contributed by atoms with van der Waals surface area (Å²) in [6.07, 6.45) is -2.40. The van der Waals surface area contributed by atoms with Crippen molar-refractivity contribution >= 4 is 29.3 Å². The van der Waals surface area contributed by atoms with Crippen molar-refractivity contribution in [1.82, 2.24) is 0 Å². The number of non-ortho nitro benzene ring substituents is 1. The Hall–Kier alpha value is -3.69. The molecule has 0 radical (unpaired) electrons. The Morgan fingerprint density at radius 1 is 1.17 bits per heavy atom. The Morgan fingerprint density at radius 3 is 2.41 bits per heavy atom. The molecule has 1 amide bonds. The van der Waals surface area contributed by atoms with Gasteiger partial charge in [-0.3, -0.25) is 14.9 Å². The molecular weight excluding hydrogens is 393 g/mol. The van der Waals surface area contributed by atoms with Crippen LogP contribution in [-0.2, 0) is 20.5 Å². The van der Waals surface area contributed by atoms with Gasteiger partial charge in [-0.1, -0.05) is 29.8 Å². The van der Waals surface area contributed by atoms with Gasteiger partial charge >= 0.3 is 12.1 Å². The number of aryl methyl sites for hydroxylation is 1. The number of esters is 1. The highest BCUT2D eigenvalue weighted by Crippen LogP contribution is 2.37. The van der Waals surface area contributed by atoms with Crippen LogP contribution in [0, 0.1) is 17.0 Å². The summed E-state index contributed by atoms with van der Waals surface area (Å²) in [5.41, 5.74) is -1.09. The highest BCUT2D eigenvalue weighted by Gasteiger charge is 2.35. The molecule has 0 aliphatic rings. The van der Waals surface area contributed by atoms with Gasteiger partial charge in [0.2, 0.25) is 0 Å². The van der Waals surface area contributed by atoms with E-state index in [2.05, 4.69) is 4.74 Å². The Morgan fingerprint density at radius 2 is 1.83 bits per heavy atom. The molecule has 0 heterocycles. The van der Waals surface area contributed by atoms with Crippen LogP contribution in [0.4, 0.5) is 24.5 Å². The molecule has 2 rings (SSSR count). The number of anilines is 1. The van der Waals surface area contributed by atoms with E-state index in [1.807, 2.05) is 24.4 Å². The third-order valence-corrected chi connectivity index (χ3v) is 3.63. The van der Waals surface area contributed by atoms with E-state index < -0.39 is 46.5 Å². The molecule has 10 heteroatoms. The van der Waals surface area contributed by atoms with Crippen molar-refractivity contribution < 1.29 is 32.4 Å². The van der Waals surface area contributed by atoms with Crippen LogP contribution in [0.2, 0.25) is 0 Å². The van der Waals surface area contributed by atoms with E-state index in [0.29, 0.717) is 6.07 Å². The summed E-state index contributed by atoms with van der Waals surface area (Å²) in [7, 11) is 0. The zero-order chi connectivity index (χ0) is 21.6. The molecule has 0 atom stereocenters. The zero-order valence-corrected chi connectivity index (χ0v) is 15.0. The monoisotopic (exact) mass is 408 g/mol. The summed E-state index contributed by atoms with van der Waals surface area (Å²) < 4.78 is 43.9. The van der Waals surface area contributed by atoms with Crippen molar-refractivity contribution in [3.8, 4) is 0 Å². The lowest BCUT2D eigenvalue weighted by Crippen LogP contribution is -2.22. The maximum atomic E-state index is 13.1. The number of benzene rings is 2. The highest BCUT2D eigenvalue weighted by atomic mass is 19.4. The Labute approximate surface area is 162 Å². The number of alkyl halides is 3. The highest BCUT2D eigenvalue weighted by molar-refractivity contribution is 5.95. The molecule has 0 fully saturated rings. The first-order chi connectivity index (χ1) is 13.6. The number of nitrogens with zero attached hydrogens (tertiary/aromatic N) is 1. The summed E-state index contributed by atoms with van der Waals surface area (Å²) in [6.45, 7) is 1.07. The number of hydrogen-bond acceptors (Lipinski definition) is 5. The predicted octanol–water partition coefficient (Wildman–Crippen LogP) is 4.12. The van der Waals surface area contributed by atoms with Gasteiger partial charge in [0.1, 0.15) is 0 Å². The third kappa shape index (κ3) is 6.45. The minimum atomic E-state index is -4.93. The van der Waals surface area contributed by atoms with E-state index in [9.17, 15) is 32.9 Å². The summed E-state index contributed by atoms with van der Waals surface area (Å²) in [4.78, 5) is 33.1. The number of ether oxygens (including phenoxy) is 1. The number of halogens is 3. The van der Waals surface area contributed by atoms with Gasteiger partial charge < -0.3 is 10.1 Å². The van der Waals surface area contributed by atoms with Gasteiger partial charge in [-0.05, 0) is 24.6 Å². The van der Waals surface area contributed by atoms with Crippen molar-refractivity contribution in [2.45, 2.75) is 13.1 Å². The molecule has 1 N–H and O–H groups in total. The van der Waals surface area contributed by atoms with Crippen molar-refractivity contribution in [3.63, 3.8) is 0 Å². The van der Waals surface area contributed by atoms with E-state index in [1.54, 1.807) is 12.1 Å². The fourth-order valence-corrected chi connectivity index (χ4v) is 2.20. The van der Waals surface area contributed by atoms with E-state index in [4.69, 9.17) is 0 Å². The molecule has 29 heavy (non-hydrogen) atoms. The molecule has 0 aromatic heterocycles. The third-order valence-electron chi connectivity index (χ3n) is 3.63. The van der Waals surface area contributed by atoms with Crippen LogP contribution in [0.1, 0.15) is 16.7 Å². The number of nitro groups is 1. The van der Waals surface area contributed by atoms with Gasteiger partial charge in [-0.15, -0.1) is 0 Å². The molecule has 0 aliphatic carbocycles. The molecule has 0 saturated heterocycles. The quantitative estimate of drug-likeness (QED) is 0.336. The number of rotatable bonds is 6. The summed E-state index contributed by atoms with van der Waals surface area (Å²) in [5.74, 6) is -1.89. The van der Waals surface area contributed by atoms with Gasteiger partial charge in [0.15, 0.2) is 6.61 Å². The second-order valence-corrected chi connectivity index (χ2v) is 5.88. The van der Waals surface area contributed by atoms with Gasteiger partial charge in [-0.25, -0.2) is 4.79 Å². The SMILES string of the molecule is Cc1ccc(/C=C/C(=O)OCC(=O)Nc2ccc([N+](=O)[O-])cc2C(F)(F)F)cc1. The summed E-state index contributed by atoms with van der Waals surface area (Å²) >= 11 is 0. The number of amides is 1. The first-order valence-corrected chi connectivity index (χ1v) is 8.13. The summed E-state index contributed by atoms with van der Waals surface area (Å²) in [6, 6.07) is 9.09. The minimum Gasteiger partial charge on any atom is -0.452 e. The second kappa shape index (κ2) is 9.00. The van der Waals surface area contributed by atoms with Gasteiger partial charge in [-0.2, -0.15) is 13.2 Å². The summed E-state index contributed by atoms with van der Waals surface area (Å²) in [5, 5.41) is 12.6. The van der Waals surface area contributed by atoms with Crippen molar-refractivity contribution in [2.24, 2.45) is 0 Å². The van der Waals surface area contributed by atoms with Crippen LogP contribution < -0.4 is 5.32 Å². The predicted molar refractivity (Wildman–Crippen MR) is 97.9 cm³/mol. The van der Waals surface area contributed by atoms with Crippen molar-refractivity contribution in [2.75, 3.05) is 11.9 Å². The Bertz CT molecular complexity index is 953. The van der Waals surface area contributed by atoms with Crippen LogP contribution in [0.5, 0.6) is 0 Å². The second-order valence-electron chi connectivity index (χ2n) is 5.88. The van der Waals surface area contributed by atoms with E-state index in [-0.39, 0.29) is 0 Å². The lowest BCUT2D eigenvalue weighted by atomic mass is 10.1. The van der Waals surface area contributed by atoms with Crippen LogP contribution in [-0.4, -0.2) is 23.4 Å². The average Bonchev–Trinajstić information content (AvgIpc) is 2.65. The Balaban J connectivity index is 1.99. The molecule has 152 valence electrons. The molecule has 2 aromatic carbocycles. The Kier molecular flexibility index (Phi) is 6.71. The molecule has 0 saturated carbocycles. The molecule has 7 nitrogen and oxygen atoms in total. The minimum absolute atomic E-state index is 0.311. The number of hydrogen-bond donors (Lipinski definition) is 1. The smallest absolute Gasteiger partial charge is 0.418 e. The maximum absolute atomic E-state index is 13.1. The fraction of sp³-hybridized carbons (Fsp3) is 0.158. The van der Waals surface area contributed by atoms with Crippen molar-refractivity contribution in [1.29, 1.82) is 0 Å². The largest absolute Gasteiger partial charge is 0.452 e. The molecular formula is C19H15F3N2O5. The number of nitrogens with one attached hydrogen (secondary N) is 1. The van der Waals surface area contributed by atoms with Crippen molar-refractivity contribution in [3.05, 3.63) is 75.3 Å². The average molecular weight is 408 g/mol. The number of carbonyl (C=O) groups is 2. The fourth-order valence-electron chi connectivity index (χ4n) is 2.20. The van der Waals surface area contributed by atoms with E-state index >= 15 is 0 Å². The number of carbonyl (C=O) groups excluding carboxylic acids is 2. The van der Waals surface area contributed by atoms with Crippen LogP contribution in [0.25, 0.3) is 6.08 Å². The lowest BCUT2D eigenvalue weighted by Gasteiger charge is -2.13. The van der Waals surface area contributed by atoms with Gasteiger partial charge in [0.05, 0.1) is 16.2 Å². The maximum Gasteiger partial charge on any atom is 0.418 e. The molecule has 0 spiro atoms. The first-order valence-electron chi connectivity index (χ1n) is 8.13. The van der Waals surface area contributed by atoms with Gasteiger partial charge in [0.25, 0.3) is 11.6 Å². The zero-order valence-electron chi connectivity index (χ0n) is 15.0.